The Balaban J connectivity index is 2.01. The molecule has 140 valence electrons. The van der Waals surface area contributed by atoms with Gasteiger partial charge in [0.25, 0.3) is 0 Å². The van der Waals surface area contributed by atoms with Gasteiger partial charge in [0.05, 0.1) is 4.90 Å². The minimum absolute atomic E-state index is 0.00883. The zero-order valence-electron chi connectivity index (χ0n) is 14.8. The SMILES string of the molecule is CN(C)C(=O)[C@H](NS(=O)(=O)c1ccc2[nH]c(=O)ccc2c1)c1ccccc1. The number of fused-ring (bicyclic) bond motifs is 1. The van der Waals surface area contributed by atoms with Crippen LogP contribution in [0, 0.1) is 0 Å². The van der Waals surface area contributed by atoms with Crippen molar-refractivity contribution in [3.63, 3.8) is 0 Å². The number of carbonyl (C=O) groups excluding carboxylic acids is 1. The van der Waals surface area contributed by atoms with Crippen LogP contribution in [-0.4, -0.2) is 38.3 Å². The molecule has 0 bridgehead atoms. The van der Waals surface area contributed by atoms with Crippen molar-refractivity contribution in [2.45, 2.75) is 10.9 Å². The fourth-order valence-electron chi connectivity index (χ4n) is 2.69. The first-order chi connectivity index (χ1) is 12.8. The molecular formula is C19H19N3O4S. The Morgan fingerprint density at radius 2 is 1.74 bits per heavy atom. The van der Waals surface area contributed by atoms with Gasteiger partial charge in [-0.3, -0.25) is 9.59 Å². The Bertz CT molecular complexity index is 1140. The summed E-state index contributed by atoms with van der Waals surface area (Å²) in [5.74, 6) is -0.380. The van der Waals surface area contributed by atoms with Crippen LogP contribution < -0.4 is 10.3 Å². The Morgan fingerprint density at radius 1 is 1.04 bits per heavy atom. The number of rotatable bonds is 5. The molecule has 0 unspecified atom stereocenters. The number of benzene rings is 2. The van der Waals surface area contributed by atoms with Gasteiger partial charge < -0.3 is 9.88 Å². The van der Waals surface area contributed by atoms with Gasteiger partial charge in [0, 0.05) is 25.7 Å². The van der Waals surface area contributed by atoms with Gasteiger partial charge in [0.15, 0.2) is 0 Å². The zero-order valence-corrected chi connectivity index (χ0v) is 15.7. The van der Waals surface area contributed by atoms with Crippen LogP contribution >= 0.6 is 0 Å². The largest absolute Gasteiger partial charge is 0.347 e. The first kappa shape index (κ1) is 18.8. The molecule has 7 nitrogen and oxygen atoms in total. The van der Waals surface area contributed by atoms with E-state index in [0.717, 1.165) is 0 Å². The van der Waals surface area contributed by atoms with Crippen molar-refractivity contribution >= 4 is 26.8 Å². The molecule has 0 fully saturated rings. The van der Waals surface area contributed by atoms with Gasteiger partial charge in [-0.1, -0.05) is 30.3 Å². The van der Waals surface area contributed by atoms with Crippen LogP contribution in [0.25, 0.3) is 10.9 Å². The zero-order chi connectivity index (χ0) is 19.6. The maximum Gasteiger partial charge on any atom is 0.248 e. The van der Waals surface area contributed by atoms with Gasteiger partial charge >= 0.3 is 0 Å². The molecule has 0 spiro atoms. The molecule has 1 amide bonds. The molecule has 0 saturated heterocycles. The van der Waals surface area contributed by atoms with E-state index in [1.54, 1.807) is 50.5 Å². The molecule has 3 rings (SSSR count). The van der Waals surface area contributed by atoms with E-state index >= 15 is 0 Å². The molecule has 2 aromatic carbocycles. The number of pyridine rings is 1. The number of aromatic amines is 1. The minimum atomic E-state index is -3.98. The third kappa shape index (κ3) is 4.07. The number of sulfonamides is 1. The topological polar surface area (TPSA) is 99.3 Å². The fraction of sp³-hybridized carbons (Fsp3) is 0.158. The van der Waals surface area contributed by atoms with E-state index in [0.29, 0.717) is 16.5 Å². The standard InChI is InChI=1S/C19H19N3O4S/c1-22(2)19(24)18(13-6-4-3-5-7-13)21-27(25,26)15-9-10-16-14(12-15)8-11-17(23)20-16/h3-12,18,21H,1-2H3,(H,20,23)/t18-/m1/s1. The molecule has 2 N–H and O–H groups in total. The van der Waals surface area contributed by atoms with Crippen LogP contribution in [0.1, 0.15) is 11.6 Å². The average molecular weight is 385 g/mol. The number of aromatic nitrogens is 1. The number of H-pyrrole nitrogens is 1. The lowest BCUT2D eigenvalue weighted by Gasteiger charge is -2.22. The third-order valence-corrected chi connectivity index (χ3v) is 5.52. The monoisotopic (exact) mass is 385 g/mol. The van der Waals surface area contributed by atoms with E-state index in [1.165, 1.54) is 29.2 Å². The molecule has 0 aliphatic heterocycles. The van der Waals surface area contributed by atoms with Gasteiger partial charge in [-0.2, -0.15) is 4.72 Å². The summed E-state index contributed by atoms with van der Waals surface area (Å²) in [6, 6.07) is 14.9. The van der Waals surface area contributed by atoms with Crippen LogP contribution in [0.3, 0.4) is 0 Å². The normalized spacial score (nSPS) is 12.7. The molecule has 0 radical (unpaired) electrons. The minimum Gasteiger partial charge on any atom is -0.347 e. The van der Waals surface area contributed by atoms with Crippen LogP contribution in [-0.2, 0) is 14.8 Å². The molecular weight excluding hydrogens is 366 g/mol. The number of nitrogens with one attached hydrogen (secondary N) is 2. The summed E-state index contributed by atoms with van der Waals surface area (Å²) in [7, 11) is -0.840. The summed E-state index contributed by atoms with van der Waals surface area (Å²) in [6.45, 7) is 0. The lowest BCUT2D eigenvalue weighted by atomic mass is 10.1. The van der Waals surface area contributed by atoms with Crippen molar-refractivity contribution in [3.05, 3.63) is 76.6 Å². The summed E-state index contributed by atoms with van der Waals surface area (Å²) in [5.41, 5.74) is 0.812. The van der Waals surface area contributed by atoms with E-state index in [2.05, 4.69) is 9.71 Å². The highest BCUT2D eigenvalue weighted by molar-refractivity contribution is 7.89. The number of nitrogens with zero attached hydrogens (tertiary/aromatic N) is 1. The highest BCUT2D eigenvalue weighted by Gasteiger charge is 2.28. The molecule has 1 aromatic heterocycles. The Kier molecular flexibility index (Phi) is 5.11. The van der Waals surface area contributed by atoms with Crippen LogP contribution in [0.2, 0.25) is 0 Å². The van der Waals surface area contributed by atoms with Gasteiger partial charge in [-0.15, -0.1) is 0 Å². The lowest BCUT2D eigenvalue weighted by Crippen LogP contribution is -2.39. The fourth-order valence-corrected chi connectivity index (χ4v) is 3.90. The van der Waals surface area contributed by atoms with E-state index < -0.39 is 16.1 Å². The van der Waals surface area contributed by atoms with Crippen LogP contribution in [0.15, 0.2) is 70.4 Å². The van der Waals surface area contributed by atoms with Crippen molar-refractivity contribution in [1.82, 2.24) is 14.6 Å². The first-order valence-electron chi connectivity index (χ1n) is 8.19. The summed E-state index contributed by atoms with van der Waals surface area (Å²) in [5, 5.41) is 0.577. The van der Waals surface area contributed by atoms with E-state index in [-0.39, 0.29) is 16.4 Å². The summed E-state index contributed by atoms with van der Waals surface area (Å²) >= 11 is 0. The number of likely N-dealkylation sites (N-methyl/N-ethyl adjacent to an activating group) is 1. The number of carbonyl (C=O) groups is 1. The molecule has 0 aliphatic rings. The lowest BCUT2D eigenvalue weighted by molar-refractivity contribution is -0.130. The highest BCUT2D eigenvalue weighted by Crippen LogP contribution is 2.21. The van der Waals surface area contributed by atoms with Crippen molar-refractivity contribution in [2.75, 3.05) is 14.1 Å². The van der Waals surface area contributed by atoms with Gasteiger partial charge in [0.1, 0.15) is 6.04 Å². The maximum absolute atomic E-state index is 12.9. The highest BCUT2D eigenvalue weighted by atomic mass is 32.2. The Morgan fingerprint density at radius 3 is 2.41 bits per heavy atom. The van der Waals surface area contributed by atoms with Gasteiger partial charge in [-0.05, 0) is 35.2 Å². The average Bonchev–Trinajstić information content (AvgIpc) is 2.65. The van der Waals surface area contributed by atoms with Crippen molar-refractivity contribution < 1.29 is 13.2 Å². The number of amides is 1. The van der Waals surface area contributed by atoms with Crippen molar-refractivity contribution in [3.8, 4) is 0 Å². The first-order valence-corrected chi connectivity index (χ1v) is 9.68. The van der Waals surface area contributed by atoms with Crippen LogP contribution in [0.5, 0.6) is 0 Å². The third-order valence-electron chi connectivity index (χ3n) is 4.10. The Hall–Kier alpha value is -2.97. The molecule has 1 atom stereocenters. The molecule has 27 heavy (non-hydrogen) atoms. The van der Waals surface area contributed by atoms with Crippen molar-refractivity contribution in [2.24, 2.45) is 0 Å². The summed E-state index contributed by atoms with van der Waals surface area (Å²) < 4.78 is 28.3. The quantitative estimate of drug-likeness (QED) is 0.697. The molecule has 0 saturated carbocycles. The Labute approximate surface area is 156 Å². The molecule has 3 aromatic rings. The second-order valence-corrected chi connectivity index (χ2v) is 7.98. The number of hydrogen-bond acceptors (Lipinski definition) is 4. The molecule has 8 heteroatoms. The van der Waals surface area contributed by atoms with Gasteiger partial charge in [0.2, 0.25) is 21.5 Å². The summed E-state index contributed by atoms with van der Waals surface area (Å²) in [6.07, 6.45) is 0. The van der Waals surface area contributed by atoms with Gasteiger partial charge in [-0.25, -0.2) is 8.42 Å². The second-order valence-electron chi connectivity index (χ2n) is 6.27. The second kappa shape index (κ2) is 7.34. The maximum atomic E-state index is 12.9. The van der Waals surface area contributed by atoms with E-state index in [4.69, 9.17) is 0 Å². The number of hydrogen-bond donors (Lipinski definition) is 2. The predicted molar refractivity (Wildman–Crippen MR) is 103 cm³/mol. The summed E-state index contributed by atoms with van der Waals surface area (Å²) in [4.78, 5) is 27.9. The van der Waals surface area contributed by atoms with Crippen molar-refractivity contribution in [1.29, 1.82) is 0 Å². The predicted octanol–water partition coefficient (Wildman–Crippen LogP) is 1.64. The van der Waals surface area contributed by atoms with E-state index in [1.807, 2.05) is 0 Å². The molecule has 0 aliphatic carbocycles. The molecule has 1 heterocycles. The van der Waals surface area contributed by atoms with E-state index in [9.17, 15) is 18.0 Å². The smallest absolute Gasteiger partial charge is 0.248 e. The van der Waals surface area contributed by atoms with Crippen LogP contribution in [0.4, 0.5) is 0 Å².